The zero-order valence-electron chi connectivity index (χ0n) is 26.4. The van der Waals surface area contributed by atoms with Gasteiger partial charge in [-0.05, 0) is 84.2 Å². The van der Waals surface area contributed by atoms with Crippen molar-refractivity contribution in [2.75, 3.05) is 26.9 Å². The van der Waals surface area contributed by atoms with Gasteiger partial charge >= 0.3 is 12.0 Å². The topological polar surface area (TPSA) is 146 Å². The van der Waals surface area contributed by atoms with Gasteiger partial charge in [0.25, 0.3) is 5.91 Å². The Labute approximate surface area is 295 Å². The van der Waals surface area contributed by atoms with Crippen LogP contribution in [0.15, 0.2) is 69.4 Å². The number of nitrogens with one attached hydrogen (secondary N) is 3. The third-order valence-corrected chi connectivity index (χ3v) is 7.94. The first-order valence-electron chi connectivity index (χ1n) is 14.7. The van der Waals surface area contributed by atoms with Crippen LogP contribution >= 0.6 is 39.1 Å². The molecule has 15 heteroatoms. The fourth-order valence-corrected chi connectivity index (χ4v) is 5.65. The van der Waals surface area contributed by atoms with E-state index in [4.69, 9.17) is 46.9 Å². The van der Waals surface area contributed by atoms with Crippen LogP contribution in [0.2, 0.25) is 10.0 Å². The second kappa shape index (κ2) is 17.1. The highest BCUT2D eigenvalue weighted by Crippen LogP contribution is 2.38. The predicted molar refractivity (Wildman–Crippen MR) is 184 cm³/mol. The maximum Gasteiger partial charge on any atom is 0.338 e. The number of allylic oxidation sites excluding steroid dienone is 1. The van der Waals surface area contributed by atoms with Gasteiger partial charge in [0.15, 0.2) is 29.6 Å². The highest BCUT2D eigenvalue weighted by atomic mass is 79.9. The summed E-state index contributed by atoms with van der Waals surface area (Å²) in [4.78, 5) is 37.4. The molecule has 1 aliphatic rings. The van der Waals surface area contributed by atoms with Gasteiger partial charge in [0.1, 0.15) is 6.61 Å². The van der Waals surface area contributed by atoms with Crippen LogP contribution in [0.5, 0.6) is 23.0 Å². The van der Waals surface area contributed by atoms with Crippen molar-refractivity contribution >= 4 is 63.3 Å². The molecule has 0 spiro atoms. The predicted octanol–water partition coefficient (Wildman–Crippen LogP) is 6.46. The second-order valence-corrected chi connectivity index (χ2v) is 11.8. The van der Waals surface area contributed by atoms with E-state index in [-0.39, 0.29) is 36.9 Å². The molecule has 0 bridgehead atoms. The van der Waals surface area contributed by atoms with Gasteiger partial charge in [-0.25, -0.2) is 15.0 Å². The molecule has 4 rings (SSSR count). The SMILES string of the molecule is CCOC(=O)C1=C(C)NC(=O)N[C@@H]1c1ccc(OCC(=O)N/N=C\c2cc(Br)c(OCc3ccc(Cl)cc3Cl)c(OCC)c2)c(OC)c1. The molecule has 1 aliphatic heterocycles. The zero-order valence-corrected chi connectivity index (χ0v) is 29.5. The Kier molecular flexibility index (Phi) is 13.0. The molecule has 3 amide bonds. The zero-order chi connectivity index (χ0) is 34.8. The number of hydrogen-bond acceptors (Lipinski definition) is 9. The number of hydrazone groups is 1. The lowest BCUT2D eigenvalue weighted by atomic mass is 9.95. The molecule has 0 fully saturated rings. The fourth-order valence-electron chi connectivity index (χ4n) is 4.61. The number of esters is 1. The Morgan fingerprint density at radius 2 is 1.79 bits per heavy atom. The first-order valence-corrected chi connectivity index (χ1v) is 16.2. The maximum absolute atomic E-state index is 12.6. The van der Waals surface area contributed by atoms with Gasteiger partial charge in [0.2, 0.25) is 0 Å². The molecule has 3 aromatic rings. The van der Waals surface area contributed by atoms with Gasteiger partial charge in [-0.3, -0.25) is 4.79 Å². The van der Waals surface area contributed by atoms with Crippen LogP contribution in [0.25, 0.3) is 0 Å². The smallest absolute Gasteiger partial charge is 0.338 e. The van der Waals surface area contributed by atoms with Crippen LogP contribution in [0.3, 0.4) is 0 Å². The Balaban J connectivity index is 1.39. The van der Waals surface area contributed by atoms with Gasteiger partial charge in [-0.2, -0.15) is 5.10 Å². The van der Waals surface area contributed by atoms with Crippen molar-refractivity contribution in [3.8, 4) is 23.0 Å². The number of ether oxygens (including phenoxy) is 5. The van der Waals surface area contributed by atoms with E-state index in [9.17, 15) is 14.4 Å². The van der Waals surface area contributed by atoms with Gasteiger partial charge in [0.05, 0.1) is 42.6 Å². The van der Waals surface area contributed by atoms with E-state index in [1.165, 1.54) is 13.3 Å². The largest absolute Gasteiger partial charge is 0.493 e. The van der Waals surface area contributed by atoms with Gasteiger partial charge in [-0.15, -0.1) is 0 Å². The van der Waals surface area contributed by atoms with Crippen molar-refractivity contribution in [2.45, 2.75) is 33.4 Å². The molecular weight excluding hydrogens is 731 g/mol. The lowest BCUT2D eigenvalue weighted by Crippen LogP contribution is -2.45. The van der Waals surface area contributed by atoms with Crippen LogP contribution < -0.4 is 35.0 Å². The van der Waals surface area contributed by atoms with Gasteiger partial charge < -0.3 is 34.3 Å². The molecular formula is C33H33BrCl2N4O8. The Morgan fingerprint density at radius 3 is 2.50 bits per heavy atom. The van der Waals surface area contributed by atoms with Crippen molar-refractivity contribution < 1.29 is 38.1 Å². The van der Waals surface area contributed by atoms with Gasteiger partial charge in [0, 0.05) is 21.3 Å². The van der Waals surface area contributed by atoms with Crippen molar-refractivity contribution in [1.82, 2.24) is 16.1 Å². The van der Waals surface area contributed by atoms with Crippen molar-refractivity contribution in [3.05, 3.63) is 91.0 Å². The quantitative estimate of drug-likeness (QED) is 0.0964. The number of carbonyl (C=O) groups excluding carboxylic acids is 3. The minimum atomic E-state index is -0.788. The van der Waals surface area contributed by atoms with Gasteiger partial charge in [-0.1, -0.05) is 35.3 Å². The van der Waals surface area contributed by atoms with Crippen molar-refractivity contribution in [2.24, 2.45) is 5.10 Å². The maximum atomic E-state index is 12.6. The van der Waals surface area contributed by atoms with Crippen LogP contribution in [0.1, 0.15) is 43.5 Å². The summed E-state index contributed by atoms with van der Waals surface area (Å²) in [5, 5.41) is 10.4. The highest BCUT2D eigenvalue weighted by molar-refractivity contribution is 9.10. The molecule has 254 valence electrons. The molecule has 3 N–H and O–H groups in total. The molecule has 48 heavy (non-hydrogen) atoms. The summed E-state index contributed by atoms with van der Waals surface area (Å²) in [6.45, 7) is 5.54. The summed E-state index contributed by atoms with van der Waals surface area (Å²) in [5.74, 6) is 0.395. The summed E-state index contributed by atoms with van der Waals surface area (Å²) in [5.41, 5.74) is 4.99. The number of carbonyl (C=O) groups is 3. The standard InChI is InChI=1S/C33H33BrCl2N4O8/c1-5-45-27-12-19(11-23(34)31(27)48-16-21-7-9-22(35)14-24(21)36)15-37-40-28(41)17-47-25-10-8-20(13-26(25)44-4)30-29(32(42)46-6-2)18(3)38-33(43)39-30/h7-15,30H,5-6,16-17H2,1-4H3,(H,40,41)(H2,38,39,43)/b37-15-/t30-/m1/s1. The minimum Gasteiger partial charge on any atom is -0.493 e. The van der Waals surface area contributed by atoms with Crippen LogP contribution in [-0.4, -0.2) is 51.1 Å². The average molecular weight is 764 g/mol. The average Bonchev–Trinajstić information content (AvgIpc) is 3.04. The molecule has 0 saturated heterocycles. The van der Waals surface area contributed by atoms with E-state index in [0.29, 0.717) is 49.4 Å². The molecule has 3 aromatic carbocycles. The number of nitrogens with zero attached hydrogens (tertiary/aromatic N) is 1. The molecule has 1 atom stereocenters. The number of halogens is 3. The minimum absolute atomic E-state index is 0.174. The van der Waals surface area contributed by atoms with E-state index < -0.39 is 23.9 Å². The number of urea groups is 1. The monoisotopic (exact) mass is 762 g/mol. The lowest BCUT2D eigenvalue weighted by Gasteiger charge is -2.28. The first kappa shape index (κ1) is 36.4. The summed E-state index contributed by atoms with van der Waals surface area (Å²) >= 11 is 15.8. The summed E-state index contributed by atoms with van der Waals surface area (Å²) in [6, 6.07) is 12.2. The Morgan fingerprint density at radius 1 is 1.00 bits per heavy atom. The molecule has 0 unspecified atom stereocenters. The van der Waals surface area contributed by atoms with E-state index in [0.717, 1.165) is 5.56 Å². The highest BCUT2D eigenvalue weighted by Gasteiger charge is 2.32. The number of benzene rings is 3. The van der Waals surface area contributed by atoms with E-state index in [1.807, 2.05) is 6.92 Å². The summed E-state index contributed by atoms with van der Waals surface area (Å²) < 4.78 is 28.7. The molecule has 1 heterocycles. The molecule has 0 saturated carbocycles. The summed E-state index contributed by atoms with van der Waals surface area (Å²) in [7, 11) is 1.43. The van der Waals surface area contributed by atoms with E-state index in [2.05, 4.69) is 37.1 Å². The number of methoxy groups -OCH3 is 1. The third kappa shape index (κ3) is 9.33. The lowest BCUT2D eigenvalue weighted by molar-refractivity contribution is -0.139. The van der Waals surface area contributed by atoms with Crippen molar-refractivity contribution in [3.63, 3.8) is 0 Å². The van der Waals surface area contributed by atoms with Crippen LogP contribution in [0, 0.1) is 0 Å². The molecule has 0 aromatic heterocycles. The first-order chi connectivity index (χ1) is 23.0. The number of hydrogen-bond donors (Lipinski definition) is 3. The molecule has 0 aliphatic carbocycles. The number of rotatable bonds is 14. The third-order valence-electron chi connectivity index (χ3n) is 6.77. The number of amides is 3. The summed E-state index contributed by atoms with van der Waals surface area (Å²) in [6.07, 6.45) is 1.45. The normalized spacial score (nSPS) is 14.2. The van der Waals surface area contributed by atoms with Crippen molar-refractivity contribution in [1.29, 1.82) is 0 Å². The Hall–Kier alpha value is -4.46. The van der Waals surface area contributed by atoms with Crippen LogP contribution in [-0.2, 0) is 20.9 Å². The fraction of sp³-hybridized carbons (Fsp3) is 0.273. The van der Waals surface area contributed by atoms with E-state index >= 15 is 0 Å². The molecule has 12 nitrogen and oxygen atoms in total. The molecule has 0 radical (unpaired) electrons. The second-order valence-electron chi connectivity index (χ2n) is 10.1. The van der Waals surface area contributed by atoms with Crippen LogP contribution in [0.4, 0.5) is 4.79 Å². The Bertz CT molecular complexity index is 1750. The van der Waals surface area contributed by atoms with E-state index in [1.54, 1.807) is 62.4 Å².